The first kappa shape index (κ1) is 29.7. The standard InChI is InChI=1S/C32H38FNO5S/c1-20(2)32(3)17-5-6-26(19-32)39-31(36)29(35)30(21-7-11-23(37-4)12-8-21)40-28-18-25(15-16-27(28)34)38-24-13-9-22(33)10-14-24/h7-16,18,20,26,29-30,35H,5-6,17,19,34H2,1-4H3/t26?,29-,30+,32?/m1/s1. The molecule has 0 heterocycles. The number of halogens is 1. The largest absolute Gasteiger partial charge is 0.497 e. The smallest absolute Gasteiger partial charge is 0.336 e. The fourth-order valence-electron chi connectivity index (χ4n) is 5.00. The van der Waals surface area contributed by atoms with Crippen LogP contribution in [-0.2, 0) is 9.53 Å². The summed E-state index contributed by atoms with van der Waals surface area (Å²) < 4.78 is 30.4. The number of aliphatic hydroxyl groups is 1. The van der Waals surface area contributed by atoms with Crippen LogP contribution >= 0.6 is 11.8 Å². The fourth-order valence-corrected chi connectivity index (χ4v) is 6.20. The van der Waals surface area contributed by atoms with Gasteiger partial charge in [0, 0.05) is 10.6 Å². The molecule has 214 valence electrons. The molecule has 40 heavy (non-hydrogen) atoms. The van der Waals surface area contributed by atoms with Crippen molar-refractivity contribution in [1.29, 1.82) is 0 Å². The lowest BCUT2D eigenvalue weighted by molar-refractivity contribution is -0.163. The predicted molar refractivity (Wildman–Crippen MR) is 156 cm³/mol. The highest BCUT2D eigenvalue weighted by molar-refractivity contribution is 7.99. The molecule has 3 aromatic carbocycles. The number of hydrogen-bond acceptors (Lipinski definition) is 7. The Morgan fingerprint density at radius 3 is 2.35 bits per heavy atom. The average molecular weight is 568 g/mol. The second kappa shape index (κ2) is 13.0. The first-order valence-corrected chi connectivity index (χ1v) is 14.5. The first-order chi connectivity index (χ1) is 19.1. The molecular formula is C32H38FNO5S. The number of anilines is 1. The summed E-state index contributed by atoms with van der Waals surface area (Å²) in [7, 11) is 1.58. The molecule has 3 N–H and O–H groups in total. The molecule has 0 aliphatic heterocycles. The number of esters is 1. The normalized spacial score (nSPS) is 20.5. The summed E-state index contributed by atoms with van der Waals surface area (Å²) >= 11 is 1.26. The lowest BCUT2D eigenvalue weighted by atomic mass is 9.67. The second-order valence-corrected chi connectivity index (χ2v) is 12.2. The van der Waals surface area contributed by atoms with Crippen LogP contribution in [0.25, 0.3) is 0 Å². The molecule has 2 unspecified atom stereocenters. The SMILES string of the molecule is COc1ccc([C@H](Sc2cc(Oc3ccc(F)cc3)ccc2N)[C@@H](O)C(=O)OC2CCCC(C)(C(C)C)C2)cc1. The van der Waals surface area contributed by atoms with Gasteiger partial charge in [-0.25, -0.2) is 9.18 Å². The maximum absolute atomic E-state index is 13.3. The topological polar surface area (TPSA) is 91.0 Å². The van der Waals surface area contributed by atoms with Crippen molar-refractivity contribution in [3.63, 3.8) is 0 Å². The minimum Gasteiger partial charge on any atom is -0.497 e. The highest BCUT2D eigenvalue weighted by atomic mass is 32.2. The Kier molecular flexibility index (Phi) is 9.64. The van der Waals surface area contributed by atoms with E-state index in [-0.39, 0.29) is 17.3 Å². The monoisotopic (exact) mass is 567 g/mol. The zero-order valence-corrected chi connectivity index (χ0v) is 24.2. The van der Waals surface area contributed by atoms with Crippen LogP contribution in [0.2, 0.25) is 0 Å². The van der Waals surface area contributed by atoms with Gasteiger partial charge < -0.3 is 25.1 Å². The van der Waals surface area contributed by atoms with Crippen molar-refractivity contribution >= 4 is 23.4 Å². The van der Waals surface area contributed by atoms with Crippen molar-refractivity contribution in [3.05, 3.63) is 78.1 Å². The molecular weight excluding hydrogens is 529 g/mol. The molecule has 0 aromatic heterocycles. The van der Waals surface area contributed by atoms with Crippen molar-refractivity contribution < 1.29 is 28.5 Å². The van der Waals surface area contributed by atoms with Crippen molar-refractivity contribution in [1.82, 2.24) is 0 Å². The lowest BCUT2D eigenvalue weighted by Gasteiger charge is -2.41. The van der Waals surface area contributed by atoms with Crippen LogP contribution in [0, 0.1) is 17.2 Å². The zero-order chi connectivity index (χ0) is 28.9. The Balaban J connectivity index is 1.57. The molecule has 8 heteroatoms. The van der Waals surface area contributed by atoms with Crippen LogP contribution in [-0.4, -0.2) is 30.4 Å². The van der Waals surface area contributed by atoms with E-state index in [1.807, 2.05) is 12.1 Å². The average Bonchev–Trinajstić information content (AvgIpc) is 2.94. The molecule has 1 aliphatic carbocycles. The van der Waals surface area contributed by atoms with Gasteiger partial charge in [-0.15, -0.1) is 11.8 Å². The van der Waals surface area contributed by atoms with E-state index >= 15 is 0 Å². The number of nitrogens with two attached hydrogens (primary N) is 1. The summed E-state index contributed by atoms with van der Waals surface area (Å²) in [5, 5.41) is 10.7. The summed E-state index contributed by atoms with van der Waals surface area (Å²) in [5.74, 6) is 1.08. The number of aliphatic hydroxyl groups excluding tert-OH is 1. The third-order valence-corrected chi connectivity index (χ3v) is 9.30. The molecule has 0 bridgehead atoms. The number of carbonyl (C=O) groups excluding carboxylic acids is 1. The van der Waals surface area contributed by atoms with Crippen molar-refractivity contribution in [2.75, 3.05) is 12.8 Å². The van der Waals surface area contributed by atoms with Crippen LogP contribution in [0.1, 0.15) is 57.3 Å². The van der Waals surface area contributed by atoms with Gasteiger partial charge in [-0.1, -0.05) is 32.9 Å². The van der Waals surface area contributed by atoms with Gasteiger partial charge in [0.25, 0.3) is 0 Å². The van der Waals surface area contributed by atoms with E-state index in [1.54, 1.807) is 37.4 Å². The third-order valence-electron chi connectivity index (χ3n) is 7.91. The van der Waals surface area contributed by atoms with Gasteiger partial charge in [-0.3, -0.25) is 0 Å². The Morgan fingerprint density at radius 2 is 1.70 bits per heavy atom. The second-order valence-electron chi connectivity index (χ2n) is 11.0. The Bertz CT molecular complexity index is 1280. The van der Waals surface area contributed by atoms with Gasteiger partial charge in [0.2, 0.25) is 0 Å². The number of thioether (sulfide) groups is 1. The number of ether oxygens (including phenoxy) is 3. The molecule has 4 atom stereocenters. The van der Waals surface area contributed by atoms with Gasteiger partial charge in [-0.05, 0) is 97.2 Å². The van der Waals surface area contributed by atoms with Crippen LogP contribution < -0.4 is 15.2 Å². The van der Waals surface area contributed by atoms with Crippen LogP contribution in [0.5, 0.6) is 17.2 Å². The summed E-state index contributed by atoms with van der Waals surface area (Å²) in [6.45, 7) is 6.65. The van der Waals surface area contributed by atoms with E-state index in [9.17, 15) is 14.3 Å². The quantitative estimate of drug-likeness (QED) is 0.148. The molecule has 1 aliphatic rings. The van der Waals surface area contributed by atoms with E-state index in [0.29, 0.717) is 33.7 Å². The molecule has 6 nitrogen and oxygen atoms in total. The Labute approximate surface area is 240 Å². The van der Waals surface area contributed by atoms with Crippen LogP contribution in [0.3, 0.4) is 0 Å². The van der Waals surface area contributed by atoms with Gasteiger partial charge >= 0.3 is 5.97 Å². The predicted octanol–water partition coefficient (Wildman–Crippen LogP) is 7.55. The van der Waals surface area contributed by atoms with E-state index in [4.69, 9.17) is 19.9 Å². The number of rotatable bonds is 10. The third kappa shape index (κ3) is 7.29. The van der Waals surface area contributed by atoms with Gasteiger partial charge in [0.05, 0.1) is 12.4 Å². The number of nitrogen functional groups attached to an aromatic ring is 1. The Morgan fingerprint density at radius 1 is 1.05 bits per heavy atom. The lowest BCUT2D eigenvalue weighted by Crippen LogP contribution is -2.38. The van der Waals surface area contributed by atoms with Gasteiger partial charge in [0.1, 0.15) is 29.2 Å². The summed E-state index contributed by atoms with van der Waals surface area (Å²) in [5.41, 5.74) is 7.60. The number of benzene rings is 3. The summed E-state index contributed by atoms with van der Waals surface area (Å²) in [4.78, 5) is 14.0. The first-order valence-electron chi connectivity index (χ1n) is 13.6. The van der Waals surface area contributed by atoms with Gasteiger partial charge in [-0.2, -0.15) is 0 Å². The maximum Gasteiger partial charge on any atom is 0.336 e. The van der Waals surface area contributed by atoms with Crippen LogP contribution in [0.4, 0.5) is 10.1 Å². The van der Waals surface area contributed by atoms with Gasteiger partial charge in [0.15, 0.2) is 6.10 Å². The minimum absolute atomic E-state index is 0.0949. The van der Waals surface area contributed by atoms with E-state index in [1.165, 1.54) is 36.0 Å². The molecule has 3 aromatic rings. The number of carbonyl (C=O) groups is 1. The van der Waals surface area contributed by atoms with Crippen LogP contribution in [0.15, 0.2) is 71.6 Å². The summed E-state index contributed by atoms with van der Waals surface area (Å²) in [6.07, 6.45) is 1.97. The molecule has 1 fully saturated rings. The van der Waals surface area contributed by atoms with Crippen molar-refractivity contribution in [3.8, 4) is 17.2 Å². The van der Waals surface area contributed by atoms with E-state index in [0.717, 1.165) is 31.2 Å². The Hall–Kier alpha value is -3.23. The van der Waals surface area contributed by atoms with E-state index < -0.39 is 17.3 Å². The molecule has 0 saturated heterocycles. The number of hydrogen-bond donors (Lipinski definition) is 2. The molecule has 0 radical (unpaired) electrons. The molecule has 1 saturated carbocycles. The van der Waals surface area contributed by atoms with Crippen molar-refractivity contribution in [2.24, 2.45) is 11.3 Å². The molecule has 0 amide bonds. The zero-order valence-electron chi connectivity index (χ0n) is 23.4. The minimum atomic E-state index is -1.44. The maximum atomic E-state index is 13.3. The highest BCUT2D eigenvalue weighted by Crippen LogP contribution is 2.45. The molecule has 4 rings (SSSR count). The van der Waals surface area contributed by atoms with E-state index in [2.05, 4.69) is 20.8 Å². The fraction of sp³-hybridized carbons (Fsp3) is 0.406. The van der Waals surface area contributed by atoms with Crippen molar-refractivity contribution in [2.45, 2.75) is 68.8 Å². The number of methoxy groups -OCH3 is 1. The highest BCUT2D eigenvalue weighted by Gasteiger charge is 2.38. The summed E-state index contributed by atoms with van der Waals surface area (Å²) in [6, 6.07) is 18.1. The molecule has 0 spiro atoms.